The first kappa shape index (κ1) is 15.8. The molecule has 0 aliphatic carbocycles. The Morgan fingerprint density at radius 2 is 1.47 bits per heavy atom. The highest BCUT2D eigenvalue weighted by Gasteiger charge is 2.14. The van der Waals surface area contributed by atoms with Crippen LogP contribution in [0.2, 0.25) is 0 Å². The number of aliphatic hydroxyl groups excluding tert-OH is 1. The lowest BCUT2D eigenvalue weighted by atomic mass is 10.2. The third-order valence-electron chi connectivity index (χ3n) is 1.07. The van der Waals surface area contributed by atoms with Crippen LogP contribution in [-0.4, -0.2) is 50.5 Å². The Hall–Kier alpha value is -1.67. The maximum atomic E-state index is 9.85. The van der Waals surface area contributed by atoms with E-state index in [0.29, 0.717) is 0 Å². The lowest BCUT2D eigenvalue weighted by Crippen LogP contribution is -2.32. The van der Waals surface area contributed by atoms with Gasteiger partial charge in [0.25, 0.3) is 0 Å². The smallest absolute Gasteiger partial charge is 0.332 e. The Morgan fingerprint density at radius 3 is 1.53 bits per heavy atom. The van der Waals surface area contributed by atoms with E-state index < -0.39 is 36.5 Å². The third-order valence-corrected chi connectivity index (χ3v) is 1.07. The van der Waals surface area contributed by atoms with Gasteiger partial charge in [-0.15, -0.1) is 0 Å². The maximum Gasteiger partial charge on any atom is 0.332 e. The second kappa shape index (κ2) is 7.71. The van der Waals surface area contributed by atoms with Crippen molar-refractivity contribution in [2.75, 3.05) is 0 Å². The van der Waals surface area contributed by atoms with E-state index in [4.69, 9.17) is 26.2 Å². The molecule has 15 heavy (non-hydrogen) atoms. The fourth-order valence-electron chi connectivity index (χ4n) is 0.275. The largest absolute Gasteiger partial charge is 0.481 e. The first-order chi connectivity index (χ1) is 6.68. The van der Waals surface area contributed by atoms with Gasteiger partial charge in [0.05, 0.1) is 6.42 Å². The molecule has 0 aliphatic heterocycles. The zero-order chi connectivity index (χ0) is 12.6. The first-order valence-corrected chi connectivity index (χ1v) is 3.79. The molecule has 88 valence electrons. The molecular weight excluding hydrogens is 210 g/mol. The quantitative estimate of drug-likeness (QED) is 0.378. The van der Waals surface area contributed by atoms with E-state index in [2.05, 4.69) is 0 Å². The molecule has 6 N–H and O–H groups in total. The summed E-state index contributed by atoms with van der Waals surface area (Å²) in [7, 11) is 0. The van der Waals surface area contributed by atoms with Gasteiger partial charge in [-0.25, -0.2) is 4.79 Å². The van der Waals surface area contributed by atoms with E-state index in [9.17, 15) is 14.4 Å². The van der Waals surface area contributed by atoms with Crippen molar-refractivity contribution >= 4 is 17.9 Å². The fraction of sp³-hybridized carbons (Fsp3) is 0.571. The molecule has 0 amide bonds. The van der Waals surface area contributed by atoms with E-state index in [1.165, 1.54) is 6.92 Å². The summed E-state index contributed by atoms with van der Waals surface area (Å²) in [6, 6.07) is -1.29. The van der Waals surface area contributed by atoms with Gasteiger partial charge >= 0.3 is 17.9 Å². The lowest BCUT2D eigenvalue weighted by molar-refractivity contribution is -0.145. The second-order valence-corrected chi connectivity index (χ2v) is 2.56. The van der Waals surface area contributed by atoms with Crippen LogP contribution in [0.1, 0.15) is 13.3 Å². The Morgan fingerprint density at radius 1 is 1.13 bits per heavy atom. The minimum Gasteiger partial charge on any atom is -0.481 e. The van der Waals surface area contributed by atoms with Gasteiger partial charge in [-0.05, 0) is 6.92 Å². The summed E-state index contributed by atoms with van der Waals surface area (Å²) >= 11 is 0. The molecule has 8 heteroatoms. The van der Waals surface area contributed by atoms with E-state index in [1.807, 2.05) is 0 Å². The summed E-state index contributed by atoms with van der Waals surface area (Å²) in [4.78, 5) is 29.1. The van der Waals surface area contributed by atoms with Crippen LogP contribution in [-0.2, 0) is 14.4 Å². The van der Waals surface area contributed by atoms with Gasteiger partial charge in [0.15, 0.2) is 0 Å². The second-order valence-electron chi connectivity index (χ2n) is 2.56. The highest BCUT2D eigenvalue weighted by atomic mass is 16.4. The average Bonchev–Trinajstić information content (AvgIpc) is 2.03. The maximum absolute atomic E-state index is 9.85. The molecule has 1 unspecified atom stereocenters. The number of hydrogen-bond acceptors (Lipinski definition) is 5. The molecule has 0 heterocycles. The molecule has 0 radical (unpaired) electrons. The van der Waals surface area contributed by atoms with Gasteiger partial charge in [-0.2, -0.15) is 0 Å². The molecule has 0 aromatic rings. The van der Waals surface area contributed by atoms with Crippen molar-refractivity contribution in [3.63, 3.8) is 0 Å². The molecule has 0 saturated carbocycles. The third kappa shape index (κ3) is 12.3. The normalized spacial score (nSPS) is 13.0. The minimum absolute atomic E-state index is 0.532. The van der Waals surface area contributed by atoms with Crippen molar-refractivity contribution in [1.82, 2.24) is 0 Å². The minimum atomic E-state index is -1.29. The predicted octanol–water partition coefficient (Wildman–Crippen LogP) is -1.68. The van der Waals surface area contributed by atoms with E-state index in [0.717, 1.165) is 0 Å². The summed E-state index contributed by atoms with van der Waals surface area (Å²) < 4.78 is 0. The van der Waals surface area contributed by atoms with Crippen molar-refractivity contribution in [3.8, 4) is 0 Å². The highest BCUT2D eigenvalue weighted by molar-refractivity contribution is 5.80. The summed E-state index contributed by atoms with van der Waals surface area (Å²) in [5.74, 6) is -3.68. The van der Waals surface area contributed by atoms with Crippen LogP contribution in [0.15, 0.2) is 0 Å². The Balaban J connectivity index is 0. The number of carboxylic acids is 3. The Bertz CT molecular complexity index is 237. The van der Waals surface area contributed by atoms with E-state index >= 15 is 0 Å². The van der Waals surface area contributed by atoms with Gasteiger partial charge in [0, 0.05) is 0 Å². The van der Waals surface area contributed by atoms with Crippen LogP contribution in [0.3, 0.4) is 0 Å². The molecule has 0 bridgehead atoms. The number of rotatable bonds is 4. The molecule has 0 aromatic carbocycles. The molecule has 2 atom stereocenters. The number of carbonyl (C=O) groups is 3. The van der Waals surface area contributed by atoms with E-state index in [1.54, 1.807) is 0 Å². The van der Waals surface area contributed by atoms with Crippen LogP contribution >= 0.6 is 0 Å². The van der Waals surface area contributed by atoms with Crippen LogP contribution in [0.25, 0.3) is 0 Å². The molecule has 0 saturated heterocycles. The van der Waals surface area contributed by atoms with Crippen LogP contribution in [0.5, 0.6) is 0 Å². The van der Waals surface area contributed by atoms with Crippen LogP contribution in [0, 0.1) is 0 Å². The first-order valence-electron chi connectivity index (χ1n) is 3.79. The van der Waals surface area contributed by atoms with Gasteiger partial charge in [-0.3, -0.25) is 9.59 Å². The van der Waals surface area contributed by atoms with Gasteiger partial charge in [-0.1, -0.05) is 0 Å². The van der Waals surface area contributed by atoms with Crippen LogP contribution < -0.4 is 5.73 Å². The SMILES string of the molecule is CC(O)C(=O)O.N[C@@H](CC(=O)O)C(=O)O. The molecule has 0 fully saturated rings. The van der Waals surface area contributed by atoms with Gasteiger partial charge in [0.2, 0.25) is 0 Å². The molecule has 0 spiro atoms. The van der Waals surface area contributed by atoms with Crippen molar-refractivity contribution in [3.05, 3.63) is 0 Å². The summed E-state index contributed by atoms with van der Waals surface area (Å²) in [6.07, 6.45) is -1.76. The number of aliphatic carboxylic acids is 3. The zero-order valence-electron chi connectivity index (χ0n) is 7.95. The number of nitrogens with two attached hydrogens (primary N) is 1. The average molecular weight is 223 g/mol. The van der Waals surface area contributed by atoms with Gasteiger partial charge in [0.1, 0.15) is 12.1 Å². The highest BCUT2D eigenvalue weighted by Crippen LogP contribution is 1.86. The Labute approximate surface area is 84.9 Å². The fourth-order valence-corrected chi connectivity index (χ4v) is 0.275. The topological polar surface area (TPSA) is 158 Å². The predicted molar refractivity (Wildman–Crippen MR) is 47.2 cm³/mol. The number of aliphatic hydroxyl groups is 1. The van der Waals surface area contributed by atoms with Crippen molar-refractivity contribution < 1.29 is 34.8 Å². The number of carboxylic acid groups (broad SMARTS) is 3. The summed E-state index contributed by atoms with van der Waals surface area (Å²) in [5, 5.41) is 31.8. The molecular formula is C7H13NO7. The Kier molecular flexibility index (Phi) is 8.11. The zero-order valence-corrected chi connectivity index (χ0v) is 7.95. The molecule has 0 aliphatic rings. The molecule has 0 aromatic heterocycles. The summed E-state index contributed by atoms with van der Waals surface area (Å²) in [5.41, 5.74) is 4.84. The van der Waals surface area contributed by atoms with E-state index in [-0.39, 0.29) is 0 Å². The standard InChI is InChI=1S/C4H7NO4.C3H6O3/c5-2(4(8)9)1-3(6)7;1-2(4)3(5)6/h2H,1,5H2,(H,6,7)(H,8,9);2,4H,1H3,(H,5,6)/t2-;/m0./s1. The molecule has 0 rings (SSSR count). The lowest BCUT2D eigenvalue weighted by Gasteiger charge is -1.99. The monoisotopic (exact) mass is 223 g/mol. The summed E-state index contributed by atoms with van der Waals surface area (Å²) in [6.45, 7) is 1.20. The van der Waals surface area contributed by atoms with Crippen molar-refractivity contribution in [2.24, 2.45) is 5.73 Å². The van der Waals surface area contributed by atoms with Crippen LogP contribution in [0.4, 0.5) is 0 Å². The van der Waals surface area contributed by atoms with Crippen molar-refractivity contribution in [1.29, 1.82) is 0 Å². The van der Waals surface area contributed by atoms with Crippen molar-refractivity contribution in [2.45, 2.75) is 25.5 Å². The number of hydrogen-bond donors (Lipinski definition) is 5. The van der Waals surface area contributed by atoms with Gasteiger partial charge < -0.3 is 26.2 Å². The molecule has 8 nitrogen and oxygen atoms in total.